The van der Waals surface area contributed by atoms with E-state index in [0.717, 1.165) is 13.1 Å². The molecule has 1 heterocycles. The van der Waals surface area contributed by atoms with E-state index in [2.05, 4.69) is 10.2 Å². The van der Waals surface area contributed by atoms with E-state index in [9.17, 15) is 17.6 Å². The Bertz CT molecular complexity index is 442. The van der Waals surface area contributed by atoms with E-state index in [0.29, 0.717) is 31.9 Å². The number of rotatable bonds is 5. The highest BCUT2D eigenvalue weighted by Gasteiger charge is 2.26. The lowest BCUT2D eigenvalue weighted by Crippen LogP contribution is -2.48. The number of piperazine rings is 1. The topological polar surface area (TPSA) is 18.5 Å². The summed E-state index contributed by atoms with van der Waals surface area (Å²) in [6, 6.07) is 6.63. The predicted molar refractivity (Wildman–Crippen MR) is 74.0 cm³/mol. The Morgan fingerprint density at radius 3 is 2.33 bits per heavy atom. The zero-order chi connectivity index (χ0) is 15.3. The minimum absolute atomic E-state index is 0.238. The van der Waals surface area contributed by atoms with Crippen molar-refractivity contribution in [1.29, 1.82) is 0 Å². The van der Waals surface area contributed by atoms with Crippen molar-refractivity contribution in [2.45, 2.75) is 6.18 Å². The van der Waals surface area contributed by atoms with E-state index in [-0.39, 0.29) is 5.82 Å². The molecule has 1 aliphatic rings. The molecule has 118 valence electrons. The third-order valence-corrected chi connectivity index (χ3v) is 3.50. The molecule has 1 aliphatic heterocycles. The van der Waals surface area contributed by atoms with Crippen molar-refractivity contribution in [3.63, 3.8) is 0 Å². The molecule has 2 rings (SSSR count). The van der Waals surface area contributed by atoms with Crippen molar-refractivity contribution in [3.05, 3.63) is 30.1 Å². The number of nitrogens with zero attached hydrogens (tertiary/aromatic N) is 2. The van der Waals surface area contributed by atoms with Gasteiger partial charge in [0.15, 0.2) is 0 Å². The number of hydrogen-bond donors (Lipinski definition) is 1. The van der Waals surface area contributed by atoms with Gasteiger partial charge in [0, 0.05) is 39.3 Å². The second-order valence-corrected chi connectivity index (χ2v) is 5.07. The zero-order valence-electron chi connectivity index (χ0n) is 11.7. The van der Waals surface area contributed by atoms with Gasteiger partial charge in [-0.3, -0.25) is 4.90 Å². The van der Waals surface area contributed by atoms with Crippen LogP contribution in [0.2, 0.25) is 0 Å². The summed E-state index contributed by atoms with van der Waals surface area (Å²) in [7, 11) is 0. The molecule has 1 fully saturated rings. The monoisotopic (exact) mass is 305 g/mol. The van der Waals surface area contributed by atoms with Crippen LogP contribution in [0.15, 0.2) is 24.3 Å². The highest BCUT2D eigenvalue weighted by Crippen LogP contribution is 2.20. The first-order valence-corrected chi connectivity index (χ1v) is 6.95. The van der Waals surface area contributed by atoms with Gasteiger partial charge < -0.3 is 10.2 Å². The average Bonchev–Trinajstić information content (AvgIpc) is 2.44. The number of halogens is 4. The summed E-state index contributed by atoms with van der Waals surface area (Å²) >= 11 is 0. The molecule has 0 bridgehead atoms. The number of para-hydroxylation sites is 1. The minimum atomic E-state index is -4.16. The van der Waals surface area contributed by atoms with Crippen LogP contribution in [0.5, 0.6) is 0 Å². The van der Waals surface area contributed by atoms with Crippen molar-refractivity contribution in [1.82, 2.24) is 10.2 Å². The summed E-state index contributed by atoms with van der Waals surface area (Å²) < 4.78 is 49.6. The van der Waals surface area contributed by atoms with E-state index in [1.807, 2.05) is 4.90 Å². The second kappa shape index (κ2) is 7.09. The molecule has 0 unspecified atom stereocenters. The van der Waals surface area contributed by atoms with Crippen molar-refractivity contribution in [2.75, 3.05) is 50.7 Å². The van der Waals surface area contributed by atoms with Crippen LogP contribution >= 0.6 is 0 Å². The molecular weight excluding hydrogens is 286 g/mol. The molecule has 21 heavy (non-hydrogen) atoms. The molecule has 7 heteroatoms. The molecule has 3 nitrogen and oxygen atoms in total. The van der Waals surface area contributed by atoms with Crippen LogP contribution in [0.25, 0.3) is 0 Å². The summed E-state index contributed by atoms with van der Waals surface area (Å²) in [5.74, 6) is -0.238. The number of hydrogen-bond acceptors (Lipinski definition) is 3. The van der Waals surface area contributed by atoms with Gasteiger partial charge in [-0.1, -0.05) is 12.1 Å². The summed E-state index contributed by atoms with van der Waals surface area (Å²) in [5, 5.41) is 2.38. The van der Waals surface area contributed by atoms with E-state index in [4.69, 9.17) is 0 Å². The van der Waals surface area contributed by atoms with Crippen LogP contribution in [0.3, 0.4) is 0 Å². The highest BCUT2D eigenvalue weighted by atomic mass is 19.4. The van der Waals surface area contributed by atoms with Crippen molar-refractivity contribution >= 4 is 5.69 Å². The fraction of sp³-hybridized carbons (Fsp3) is 0.571. The lowest BCUT2D eigenvalue weighted by molar-refractivity contribution is -0.124. The molecule has 0 spiro atoms. The Kier molecular flexibility index (Phi) is 5.41. The molecule has 1 N–H and O–H groups in total. The molecule has 0 aliphatic carbocycles. The van der Waals surface area contributed by atoms with Crippen LogP contribution in [0.4, 0.5) is 23.2 Å². The third kappa shape index (κ3) is 5.17. The fourth-order valence-electron chi connectivity index (χ4n) is 2.39. The Labute approximate surface area is 121 Å². The minimum Gasteiger partial charge on any atom is -0.367 e. The number of benzene rings is 1. The largest absolute Gasteiger partial charge is 0.401 e. The summed E-state index contributed by atoms with van der Waals surface area (Å²) in [5.41, 5.74) is 0.590. The van der Waals surface area contributed by atoms with Gasteiger partial charge in [-0.25, -0.2) is 4.39 Å². The molecule has 0 amide bonds. The number of alkyl halides is 3. The van der Waals surface area contributed by atoms with Crippen molar-refractivity contribution in [3.8, 4) is 0 Å². The molecule has 0 saturated carbocycles. The maximum absolute atomic E-state index is 13.7. The van der Waals surface area contributed by atoms with Crippen LogP contribution in [-0.2, 0) is 0 Å². The van der Waals surface area contributed by atoms with Crippen molar-refractivity contribution < 1.29 is 17.6 Å². The van der Waals surface area contributed by atoms with Gasteiger partial charge in [-0.05, 0) is 12.1 Å². The van der Waals surface area contributed by atoms with Gasteiger partial charge in [0.05, 0.1) is 12.2 Å². The maximum Gasteiger partial charge on any atom is 0.401 e. The molecule has 1 saturated heterocycles. The van der Waals surface area contributed by atoms with Gasteiger partial charge in [0.1, 0.15) is 5.82 Å². The Hall–Kier alpha value is -1.34. The normalized spacial score (nSPS) is 17.2. The fourth-order valence-corrected chi connectivity index (χ4v) is 2.39. The average molecular weight is 305 g/mol. The lowest BCUT2D eigenvalue weighted by atomic mass is 10.2. The van der Waals surface area contributed by atoms with Gasteiger partial charge in [-0.15, -0.1) is 0 Å². The number of nitrogens with one attached hydrogen (secondary N) is 1. The summed E-state index contributed by atoms with van der Waals surface area (Å²) in [6.07, 6.45) is -4.16. The molecule has 0 atom stereocenters. The first-order chi connectivity index (χ1) is 9.96. The molecule has 1 aromatic carbocycles. The lowest BCUT2D eigenvalue weighted by Gasteiger charge is -2.36. The first-order valence-electron chi connectivity index (χ1n) is 6.95. The third-order valence-electron chi connectivity index (χ3n) is 3.50. The van der Waals surface area contributed by atoms with Crippen LogP contribution in [0, 0.1) is 5.82 Å². The van der Waals surface area contributed by atoms with E-state index in [1.54, 1.807) is 18.2 Å². The SMILES string of the molecule is Fc1ccccc1N1CCN(CCNCC(F)(F)F)CC1. The van der Waals surface area contributed by atoms with Crippen LogP contribution < -0.4 is 10.2 Å². The standard InChI is InChI=1S/C14H19F4N3/c15-12-3-1-2-4-13(12)21-9-7-20(8-10-21)6-5-19-11-14(16,17)18/h1-4,19H,5-11H2. The predicted octanol–water partition coefficient (Wildman–Crippen LogP) is 2.10. The smallest absolute Gasteiger partial charge is 0.367 e. The first kappa shape index (κ1) is 16.0. The van der Waals surface area contributed by atoms with Crippen LogP contribution in [0.1, 0.15) is 0 Å². The summed E-state index contributed by atoms with van der Waals surface area (Å²) in [4.78, 5) is 4.05. The quantitative estimate of drug-likeness (QED) is 0.664. The van der Waals surface area contributed by atoms with Crippen molar-refractivity contribution in [2.24, 2.45) is 0 Å². The van der Waals surface area contributed by atoms with E-state index < -0.39 is 12.7 Å². The van der Waals surface area contributed by atoms with Crippen LogP contribution in [-0.4, -0.2) is 56.9 Å². The highest BCUT2D eigenvalue weighted by molar-refractivity contribution is 5.47. The number of anilines is 1. The Morgan fingerprint density at radius 2 is 1.71 bits per heavy atom. The molecule has 0 aromatic heterocycles. The Morgan fingerprint density at radius 1 is 1.05 bits per heavy atom. The second-order valence-electron chi connectivity index (χ2n) is 5.07. The summed E-state index contributed by atoms with van der Waals surface area (Å²) in [6.45, 7) is 2.73. The van der Waals surface area contributed by atoms with Gasteiger partial charge >= 0.3 is 6.18 Å². The van der Waals surface area contributed by atoms with E-state index >= 15 is 0 Å². The molecule has 0 radical (unpaired) electrons. The van der Waals surface area contributed by atoms with Gasteiger partial charge in [0.2, 0.25) is 0 Å². The molecule has 1 aromatic rings. The van der Waals surface area contributed by atoms with Gasteiger partial charge in [-0.2, -0.15) is 13.2 Å². The zero-order valence-corrected chi connectivity index (χ0v) is 11.7. The van der Waals surface area contributed by atoms with E-state index in [1.165, 1.54) is 6.07 Å². The molecular formula is C14H19F4N3. The Balaban J connectivity index is 1.70. The maximum atomic E-state index is 13.7. The van der Waals surface area contributed by atoms with Gasteiger partial charge in [0.25, 0.3) is 0 Å².